The molecule has 1 aromatic heterocycles. The van der Waals surface area contributed by atoms with E-state index in [4.69, 9.17) is 4.74 Å². The quantitative estimate of drug-likeness (QED) is 0.711. The maximum absolute atomic E-state index is 12.4. The molecule has 0 radical (unpaired) electrons. The number of amides is 1. The van der Waals surface area contributed by atoms with Crippen molar-refractivity contribution in [2.45, 2.75) is 26.4 Å². The monoisotopic (exact) mass is 350 g/mol. The van der Waals surface area contributed by atoms with E-state index in [2.05, 4.69) is 15.5 Å². The molecule has 26 heavy (non-hydrogen) atoms. The van der Waals surface area contributed by atoms with Crippen LogP contribution in [0.3, 0.4) is 0 Å². The minimum absolute atomic E-state index is 0.102. The lowest BCUT2D eigenvalue weighted by molar-refractivity contribution is 0.0954. The standard InChI is InChI=1S/C20H22N4O2/c1-15(2)26-19-8-3-5-16(11-19)9-10-21-20(25)17-6-4-7-18(12-17)24-13-22-23-14-24/h3-8,11-15H,9-10H2,1-2H3,(H,21,25). The molecule has 1 N–H and O–H groups in total. The Morgan fingerprint density at radius 2 is 1.88 bits per heavy atom. The number of carbonyl (C=O) groups is 1. The zero-order valence-corrected chi connectivity index (χ0v) is 14.9. The molecular weight excluding hydrogens is 328 g/mol. The number of hydrogen-bond acceptors (Lipinski definition) is 4. The first-order valence-electron chi connectivity index (χ1n) is 8.60. The van der Waals surface area contributed by atoms with Crippen LogP contribution in [0.2, 0.25) is 0 Å². The maximum Gasteiger partial charge on any atom is 0.251 e. The molecule has 1 heterocycles. The van der Waals surface area contributed by atoms with Gasteiger partial charge in [-0.15, -0.1) is 10.2 Å². The third-order valence-corrected chi connectivity index (χ3v) is 3.79. The third-order valence-electron chi connectivity index (χ3n) is 3.79. The van der Waals surface area contributed by atoms with Crippen LogP contribution in [-0.2, 0) is 6.42 Å². The Labute approximate surface area is 152 Å². The van der Waals surface area contributed by atoms with Crippen molar-refractivity contribution < 1.29 is 9.53 Å². The molecule has 6 heteroatoms. The fraction of sp³-hybridized carbons (Fsp3) is 0.250. The first-order valence-corrected chi connectivity index (χ1v) is 8.60. The summed E-state index contributed by atoms with van der Waals surface area (Å²) >= 11 is 0. The first kappa shape index (κ1) is 17.7. The molecule has 0 fully saturated rings. The number of nitrogens with one attached hydrogen (secondary N) is 1. The second-order valence-corrected chi connectivity index (χ2v) is 6.24. The van der Waals surface area contributed by atoms with Crippen LogP contribution in [0.5, 0.6) is 5.75 Å². The van der Waals surface area contributed by atoms with Crippen molar-refractivity contribution >= 4 is 5.91 Å². The Morgan fingerprint density at radius 3 is 2.65 bits per heavy atom. The van der Waals surface area contributed by atoms with Gasteiger partial charge in [0, 0.05) is 17.8 Å². The predicted octanol–water partition coefficient (Wildman–Crippen LogP) is 3.03. The van der Waals surface area contributed by atoms with Crippen molar-refractivity contribution in [3.63, 3.8) is 0 Å². The Morgan fingerprint density at radius 1 is 1.12 bits per heavy atom. The summed E-state index contributed by atoms with van der Waals surface area (Å²) in [5.74, 6) is 0.750. The Bertz CT molecular complexity index is 860. The number of hydrogen-bond donors (Lipinski definition) is 1. The molecule has 0 aliphatic rings. The third kappa shape index (κ3) is 4.69. The van der Waals surface area contributed by atoms with Crippen molar-refractivity contribution in [3.05, 3.63) is 72.3 Å². The molecule has 0 atom stereocenters. The average Bonchev–Trinajstić information content (AvgIpc) is 3.16. The topological polar surface area (TPSA) is 69.0 Å². The van der Waals surface area contributed by atoms with E-state index >= 15 is 0 Å². The van der Waals surface area contributed by atoms with E-state index in [1.165, 1.54) is 0 Å². The molecule has 3 aromatic rings. The highest BCUT2D eigenvalue weighted by Crippen LogP contribution is 2.15. The fourth-order valence-electron chi connectivity index (χ4n) is 2.61. The SMILES string of the molecule is CC(C)Oc1cccc(CCNC(=O)c2cccc(-n3cnnc3)c2)c1. The van der Waals surface area contributed by atoms with E-state index < -0.39 is 0 Å². The predicted molar refractivity (Wildman–Crippen MR) is 99.6 cm³/mol. The Kier molecular flexibility index (Phi) is 5.63. The van der Waals surface area contributed by atoms with Crippen LogP contribution in [0.1, 0.15) is 29.8 Å². The van der Waals surface area contributed by atoms with Crippen molar-refractivity contribution in [2.24, 2.45) is 0 Å². The normalized spacial score (nSPS) is 10.7. The van der Waals surface area contributed by atoms with E-state index in [9.17, 15) is 4.79 Å². The molecule has 3 rings (SSSR count). The Balaban J connectivity index is 1.57. The van der Waals surface area contributed by atoms with Gasteiger partial charge in [0.05, 0.1) is 6.10 Å². The number of aromatic nitrogens is 3. The van der Waals surface area contributed by atoms with Crippen LogP contribution in [0.25, 0.3) is 5.69 Å². The molecule has 0 bridgehead atoms. The van der Waals surface area contributed by atoms with E-state index in [0.29, 0.717) is 12.1 Å². The molecule has 2 aromatic carbocycles. The average molecular weight is 350 g/mol. The first-order chi connectivity index (χ1) is 12.6. The van der Waals surface area contributed by atoms with E-state index in [1.807, 2.05) is 56.3 Å². The van der Waals surface area contributed by atoms with E-state index in [-0.39, 0.29) is 12.0 Å². The van der Waals surface area contributed by atoms with Crippen LogP contribution < -0.4 is 10.1 Å². The van der Waals surface area contributed by atoms with Crippen molar-refractivity contribution in [1.82, 2.24) is 20.1 Å². The molecule has 134 valence electrons. The minimum Gasteiger partial charge on any atom is -0.491 e. The van der Waals surface area contributed by atoms with E-state index in [0.717, 1.165) is 23.4 Å². The van der Waals surface area contributed by atoms with Crippen molar-refractivity contribution in [2.75, 3.05) is 6.54 Å². The number of ether oxygens (including phenoxy) is 1. The number of rotatable bonds is 7. The lowest BCUT2D eigenvalue weighted by atomic mass is 10.1. The molecule has 0 spiro atoms. The van der Waals surface area contributed by atoms with Crippen LogP contribution in [0, 0.1) is 0 Å². The number of benzene rings is 2. The summed E-state index contributed by atoms with van der Waals surface area (Å²) in [6.45, 7) is 4.56. The molecule has 0 saturated heterocycles. The number of carbonyl (C=O) groups excluding carboxylic acids is 1. The molecule has 6 nitrogen and oxygen atoms in total. The highest BCUT2D eigenvalue weighted by Gasteiger charge is 2.07. The van der Waals surface area contributed by atoms with Gasteiger partial charge in [-0.1, -0.05) is 18.2 Å². The van der Waals surface area contributed by atoms with Gasteiger partial charge in [0.25, 0.3) is 5.91 Å². The van der Waals surface area contributed by atoms with Gasteiger partial charge in [-0.25, -0.2) is 0 Å². The zero-order valence-electron chi connectivity index (χ0n) is 14.9. The summed E-state index contributed by atoms with van der Waals surface area (Å²) in [6.07, 6.45) is 4.08. The lowest BCUT2D eigenvalue weighted by Crippen LogP contribution is -2.25. The maximum atomic E-state index is 12.4. The summed E-state index contributed by atoms with van der Waals surface area (Å²) in [5.41, 5.74) is 2.58. The zero-order chi connectivity index (χ0) is 18.4. The van der Waals surface area contributed by atoms with Crippen molar-refractivity contribution in [3.8, 4) is 11.4 Å². The summed E-state index contributed by atoms with van der Waals surface area (Å²) < 4.78 is 7.46. The fourth-order valence-corrected chi connectivity index (χ4v) is 2.61. The smallest absolute Gasteiger partial charge is 0.251 e. The summed E-state index contributed by atoms with van der Waals surface area (Å²) in [4.78, 5) is 12.4. The Hall–Kier alpha value is -3.15. The van der Waals surface area contributed by atoms with Gasteiger partial charge in [-0.05, 0) is 56.2 Å². The minimum atomic E-state index is -0.102. The molecule has 0 aliphatic heterocycles. The lowest BCUT2D eigenvalue weighted by Gasteiger charge is -2.11. The van der Waals surface area contributed by atoms with Gasteiger partial charge in [-0.2, -0.15) is 0 Å². The second kappa shape index (κ2) is 8.29. The second-order valence-electron chi connectivity index (χ2n) is 6.24. The van der Waals surface area contributed by atoms with Crippen LogP contribution in [-0.4, -0.2) is 33.3 Å². The number of nitrogens with zero attached hydrogens (tertiary/aromatic N) is 3. The van der Waals surface area contributed by atoms with Gasteiger partial charge in [-0.3, -0.25) is 9.36 Å². The summed E-state index contributed by atoms with van der Waals surface area (Å²) in [6, 6.07) is 15.3. The van der Waals surface area contributed by atoms with Gasteiger partial charge in [0.2, 0.25) is 0 Å². The summed E-state index contributed by atoms with van der Waals surface area (Å²) in [5, 5.41) is 10.5. The van der Waals surface area contributed by atoms with Gasteiger partial charge < -0.3 is 10.1 Å². The highest BCUT2D eigenvalue weighted by molar-refractivity contribution is 5.94. The van der Waals surface area contributed by atoms with Gasteiger partial charge >= 0.3 is 0 Å². The van der Waals surface area contributed by atoms with Crippen LogP contribution in [0.15, 0.2) is 61.2 Å². The molecule has 1 amide bonds. The molecule has 0 saturated carbocycles. The molecule has 0 unspecified atom stereocenters. The van der Waals surface area contributed by atoms with E-state index in [1.54, 1.807) is 23.3 Å². The van der Waals surface area contributed by atoms with Crippen LogP contribution >= 0.6 is 0 Å². The summed E-state index contributed by atoms with van der Waals surface area (Å²) in [7, 11) is 0. The van der Waals surface area contributed by atoms with Gasteiger partial charge in [0.1, 0.15) is 18.4 Å². The largest absolute Gasteiger partial charge is 0.491 e. The van der Waals surface area contributed by atoms with Gasteiger partial charge in [0.15, 0.2) is 0 Å². The van der Waals surface area contributed by atoms with Crippen molar-refractivity contribution in [1.29, 1.82) is 0 Å². The molecule has 0 aliphatic carbocycles. The molecular formula is C20H22N4O2. The van der Waals surface area contributed by atoms with Crippen LogP contribution in [0.4, 0.5) is 0 Å². The highest BCUT2D eigenvalue weighted by atomic mass is 16.5.